The minimum Gasteiger partial charge on any atom is -0.507 e. The minimum atomic E-state index is -0.328. The Labute approximate surface area is 104 Å². The topological polar surface area (TPSA) is 69.6 Å². The second kappa shape index (κ2) is 4.41. The number of aromatic hydroxyl groups is 2. The monoisotopic (exact) mass is 243 g/mol. The van der Waals surface area contributed by atoms with Crippen molar-refractivity contribution in [1.29, 1.82) is 0 Å². The highest BCUT2D eigenvalue weighted by molar-refractivity contribution is 6.10. The van der Waals surface area contributed by atoms with E-state index in [-0.39, 0.29) is 17.4 Å². The summed E-state index contributed by atoms with van der Waals surface area (Å²) in [5.74, 6) is -0.278. The number of amides is 1. The van der Waals surface area contributed by atoms with Crippen LogP contribution >= 0.6 is 0 Å². The molecule has 0 atom stereocenters. The summed E-state index contributed by atoms with van der Waals surface area (Å²) in [6.07, 6.45) is 0. The van der Waals surface area contributed by atoms with Gasteiger partial charge in [0, 0.05) is 11.0 Å². The number of fused-ring (bicyclic) bond motifs is 1. The number of phenolic OH excluding ortho intramolecular Hbond substituents is 2. The first-order chi connectivity index (χ1) is 8.50. The molecule has 1 amide bonds. The number of anilines is 1. The molecule has 3 N–H and O–H groups in total. The molecule has 0 fully saturated rings. The highest BCUT2D eigenvalue weighted by Gasteiger charge is 2.11. The highest BCUT2D eigenvalue weighted by atomic mass is 16.3. The van der Waals surface area contributed by atoms with Crippen LogP contribution in [0.5, 0.6) is 11.5 Å². The lowest BCUT2D eigenvalue weighted by Crippen LogP contribution is -2.12. The van der Waals surface area contributed by atoms with Crippen molar-refractivity contribution in [3.8, 4) is 11.5 Å². The summed E-state index contributed by atoms with van der Waals surface area (Å²) in [4.78, 5) is 11.6. The summed E-state index contributed by atoms with van der Waals surface area (Å²) < 4.78 is 0. The van der Waals surface area contributed by atoms with Gasteiger partial charge in [-0.2, -0.15) is 0 Å². The molecule has 0 aromatic heterocycles. The van der Waals surface area contributed by atoms with Crippen LogP contribution in [0.25, 0.3) is 10.8 Å². The molecule has 4 heteroatoms. The van der Waals surface area contributed by atoms with Gasteiger partial charge in [0.15, 0.2) is 0 Å². The van der Waals surface area contributed by atoms with Gasteiger partial charge in [0.25, 0.3) is 5.91 Å². The maximum atomic E-state index is 11.6. The van der Waals surface area contributed by atoms with Gasteiger partial charge in [-0.05, 0) is 25.1 Å². The first kappa shape index (κ1) is 12.0. The molecule has 0 spiro atoms. The van der Waals surface area contributed by atoms with Gasteiger partial charge in [-0.3, -0.25) is 4.79 Å². The Bertz CT molecular complexity index is 647. The van der Waals surface area contributed by atoms with Crippen LogP contribution < -0.4 is 5.32 Å². The van der Waals surface area contributed by atoms with Crippen LogP contribution in [0.2, 0.25) is 0 Å². The molecule has 0 unspecified atom stereocenters. The van der Waals surface area contributed by atoms with Crippen molar-refractivity contribution < 1.29 is 15.0 Å². The summed E-state index contributed by atoms with van der Waals surface area (Å²) in [6.45, 7) is 5.14. The predicted molar refractivity (Wildman–Crippen MR) is 70.7 cm³/mol. The molecule has 4 nitrogen and oxygen atoms in total. The van der Waals surface area contributed by atoms with Gasteiger partial charge in [-0.25, -0.2) is 0 Å². The lowest BCUT2D eigenvalue weighted by molar-refractivity contribution is -0.112. The first-order valence-electron chi connectivity index (χ1n) is 5.41. The maximum absolute atomic E-state index is 11.6. The largest absolute Gasteiger partial charge is 0.507 e. The van der Waals surface area contributed by atoms with Gasteiger partial charge in [0.2, 0.25) is 0 Å². The van der Waals surface area contributed by atoms with E-state index in [9.17, 15) is 15.0 Å². The highest BCUT2D eigenvalue weighted by Crippen LogP contribution is 2.36. The molecule has 0 aliphatic rings. The van der Waals surface area contributed by atoms with Crippen molar-refractivity contribution in [2.24, 2.45) is 0 Å². The summed E-state index contributed by atoms with van der Waals surface area (Å²) in [6, 6.07) is 7.80. The van der Waals surface area contributed by atoms with E-state index in [2.05, 4.69) is 11.9 Å². The van der Waals surface area contributed by atoms with Crippen molar-refractivity contribution in [2.45, 2.75) is 6.92 Å². The zero-order valence-corrected chi connectivity index (χ0v) is 9.90. The van der Waals surface area contributed by atoms with E-state index in [0.29, 0.717) is 22.0 Å². The van der Waals surface area contributed by atoms with Crippen LogP contribution in [0.4, 0.5) is 5.69 Å². The molecule has 92 valence electrons. The van der Waals surface area contributed by atoms with Crippen molar-refractivity contribution in [3.63, 3.8) is 0 Å². The zero-order valence-electron chi connectivity index (χ0n) is 9.90. The number of benzene rings is 2. The average molecular weight is 243 g/mol. The third kappa shape index (κ3) is 2.00. The molecule has 0 bridgehead atoms. The normalized spacial score (nSPS) is 10.3. The summed E-state index contributed by atoms with van der Waals surface area (Å²) in [5.41, 5.74) is 0.806. The zero-order chi connectivity index (χ0) is 13.3. The number of hydrogen-bond donors (Lipinski definition) is 3. The minimum absolute atomic E-state index is 0.000385. The summed E-state index contributed by atoms with van der Waals surface area (Å²) >= 11 is 0. The number of hydrogen-bond acceptors (Lipinski definition) is 3. The van der Waals surface area contributed by atoms with Crippen LogP contribution in [-0.2, 0) is 4.79 Å². The quantitative estimate of drug-likeness (QED) is 0.561. The number of phenols is 2. The van der Waals surface area contributed by atoms with E-state index in [1.165, 1.54) is 12.1 Å². The van der Waals surface area contributed by atoms with Gasteiger partial charge in [0.05, 0.1) is 11.1 Å². The lowest BCUT2D eigenvalue weighted by atomic mass is 10.1. The van der Waals surface area contributed by atoms with Crippen LogP contribution in [0.1, 0.15) is 6.92 Å². The van der Waals surface area contributed by atoms with Crippen LogP contribution in [0.15, 0.2) is 42.5 Å². The van der Waals surface area contributed by atoms with E-state index in [4.69, 9.17) is 0 Å². The van der Waals surface area contributed by atoms with Gasteiger partial charge < -0.3 is 15.5 Å². The molecule has 0 aliphatic heterocycles. The van der Waals surface area contributed by atoms with Crippen LogP contribution in [0.3, 0.4) is 0 Å². The number of carbonyl (C=O) groups is 1. The van der Waals surface area contributed by atoms with E-state index in [0.717, 1.165) is 0 Å². The van der Waals surface area contributed by atoms with Crippen LogP contribution in [0, 0.1) is 0 Å². The Balaban J connectivity index is 2.61. The summed E-state index contributed by atoms with van der Waals surface area (Å²) in [7, 11) is 0. The number of rotatable bonds is 2. The molecule has 0 aliphatic carbocycles. The second-order valence-corrected chi connectivity index (χ2v) is 4.07. The Morgan fingerprint density at radius 2 is 1.83 bits per heavy atom. The van der Waals surface area contributed by atoms with Crippen molar-refractivity contribution in [2.75, 3.05) is 5.32 Å². The van der Waals surface area contributed by atoms with Gasteiger partial charge in [0.1, 0.15) is 11.5 Å². The summed E-state index contributed by atoms with van der Waals surface area (Å²) in [5, 5.41) is 23.1. The van der Waals surface area contributed by atoms with Crippen LogP contribution in [-0.4, -0.2) is 16.1 Å². The van der Waals surface area contributed by atoms with Gasteiger partial charge >= 0.3 is 0 Å². The maximum Gasteiger partial charge on any atom is 0.250 e. The average Bonchev–Trinajstić information content (AvgIpc) is 2.34. The molecule has 2 aromatic rings. The Morgan fingerprint density at radius 1 is 1.17 bits per heavy atom. The molecular formula is C14H13NO3. The van der Waals surface area contributed by atoms with E-state index in [1.807, 2.05) is 0 Å². The Kier molecular flexibility index (Phi) is 2.93. The van der Waals surface area contributed by atoms with Crippen molar-refractivity contribution in [1.82, 2.24) is 0 Å². The fraction of sp³-hybridized carbons (Fsp3) is 0.0714. The fourth-order valence-electron chi connectivity index (χ4n) is 1.71. The first-order valence-corrected chi connectivity index (χ1v) is 5.41. The third-order valence-corrected chi connectivity index (χ3v) is 2.63. The lowest BCUT2D eigenvalue weighted by Gasteiger charge is -2.10. The molecule has 0 heterocycles. The standard InChI is InChI=1S/C14H13NO3/c1-8(2)14(18)15-10-5-3-4-9-11(16)6-7-12(17)13(9)10/h3-7,16-17H,1H2,2H3,(H,15,18). The van der Waals surface area contributed by atoms with E-state index in [1.54, 1.807) is 25.1 Å². The molecule has 0 radical (unpaired) electrons. The predicted octanol–water partition coefficient (Wildman–Crippen LogP) is 2.77. The SMILES string of the molecule is C=C(C)C(=O)Nc1cccc2c(O)ccc(O)c12. The van der Waals surface area contributed by atoms with Crippen molar-refractivity contribution >= 4 is 22.4 Å². The molecule has 2 rings (SSSR count). The molecule has 0 saturated heterocycles. The number of carbonyl (C=O) groups excluding carboxylic acids is 1. The van der Waals surface area contributed by atoms with E-state index >= 15 is 0 Å². The molecule has 0 saturated carbocycles. The third-order valence-electron chi connectivity index (χ3n) is 2.63. The van der Waals surface area contributed by atoms with Crippen molar-refractivity contribution in [3.05, 3.63) is 42.5 Å². The molecule has 2 aromatic carbocycles. The number of nitrogens with one attached hydrogen (secondary N) is 1. The Morgan fingerprint density at radius 3 is 2.50 bits per heavy atom. The smallest absolute Gasteiger partial charge is 0.250 e. The molecular weight excluding hydrogens is 230 g/mol. The van der Waals surface area contributed by atoms with Gasteiger partial charge in [-0.1, -0.05) is 18.7 Å². The van der Waals surface area contributed by atoms with E-state index < -0.39 is 0 Å². The van der Waals surface area contributed by atoms with Gasteiger partial charge in [-0.15, -0.1) is 0 Å². The Hall–Kier alpha value is -2.49. The molecule has 18 heavy (non-hydrogen) atoms. The fourth-order valence-corrected chi connectivity index (χ4v) is 1.71. The second-order valence-electron chi connectivity index (χ2n) is 4.07.